The second-order valence-corrected chi connectivity index (χ2v) is 6.51. The number of hydrogen-bond donors (Lipinski definition) is 1. The number of non-ortho nitro benzene ring substituents is 1. The molecule has 1 saturated carbocycles. The fourth-order valence-corrected chi connectivity index (χ4v) is 3.13. The van der Waals surface area contributed by atoms with Crippen molar-refractivity contribution in [3.63, 3.8) is 0 Å². The van der Waals surface area contributed by atoms with Gasteiger partial charge in [0.15, 0.2) is 6.61 Å². The summed E-state index contributed by atoms with van der Waals surface area (Å²) in [7, 11) is 0. The highest BCUT2D eigenvalue weighted by Crippen LogP contribution is 2.30. The Labute approximate surface area is 140 Å². The highest BCUT2D eigenvalue weighted by molar-refractivity contribution is 6.32. The molecule has 7 heteroatoms. The Balaban J connectivity index is 1.88. The summed E-state index contributed by atoms with van der Waals surface area (Å²) in [5, 5.41) is 13.8. The van der Waals surface area contributed by atoms with E-state index in [2.05, 4.69) is 19.2 Å². The van der Waals surface area contributed by atoms with Gasteiger partial charge < -0.3 is 10.1 Å². The third kappa shape index (κ3) is 4.58. The average molecular weight is 341 g/mol. The SMILES string of the molecule is C[C@@H]1[C@H](C)CCC[C@H]1NC(=O)COc1ccc([N+](=O)[O-])cc1Cl. The van der Waals surface area contributed by atoms with Crippen molar-refractivity contribution in [3.8, 4) is 5.75 Å². The van der Waals surface area contributed by atoms with Gasteiger partial charge >= 0.3 is 0 Å². The summed E-state index contributed by atoms with van der Waals surface area (Å²) < 4.78 is 5.37. The molecular formula is C16H21ClN2O4. The Morgan fingerprint density at radius 3 is 2.83 bits per heavy atom. The van der Waals surface area contributed by atoms with Crippen molar-refractivity contribution >= 4 is 23.2 Å². The zero-order valence-corrected chi connectivity index (χ0v) is 14.0. The smallest absolute Gasteiger partial charge is 0.271 e. The molecule has 23 heavy (non-hydrogen) atoms. The van der Waals surface area contributed by atoms with Crippen molar-refractivity contribution in [2.24, 2.45) is 11.8 Å². The molecule has 0 unspecified atom stereocenters. The summed E-state index contributed by atoms with van der Waals surface area (Å²) in [6.45, 7) is 4.20. The Kier molecular flexibility index (Phi) is 5.82. The number of carbonyl (C=O) groups excluding carboxylic acids is 1. The van der Waals surface area contributed by atoms with Crippen molar-refractivity contribution in [1.29, 1.82) is 0 Å². The second kappa shape index (κ2) is 7.64. The Bertz CT molecular complexity index is 593. The van der Waals surface area contributed by atoms with E-state index in [0.29, 0.717) is 11.8 Å². The molecule has 1 aliphatic rings. The maximum atomic E-state index is 12.0. The average Bonchev–Trinajstić information content (AvgIpc) is 2.50. The monoisotopic (exact) mass is 340 g/mol. The van der Waals surface area contributed by atoms with E-state index in [9.17, 15) is 14.9 Å². The molecule has 0 spiro atoms. The molecule has 2 rings (SSSR count). The van der Waals surface area contributed by atoms with Gasteiger partial charge in [0.1, 0.15) is 5.75 Å². The van der Waals surface area contributed by atoms with Gasteiger partial charge in [-0.1, -0.05) is 38.3 Å². The number of halogens is 1. The van der Waals surface area contributed by atoms with Crippen molar-refractivity contribution in [2.45, 2.75) is 39.2 Å². The molecule has 0 bridgehead atoms. The number of hydrogen-bond acceptors (Lipinski definition) is 4. The zero-order valence-electron chi connectivity index (χ0n) is 13.3. The number of rotatable bonds is 5. The summed E-state index contributed by atoms with van der Waals surface area (Å²) >= 11 is 5.93. The number of nitro groups is 1. The van der Waals surface area contributed by atoms with E-state index in [4.69, 9.17) is 16.3 Å². The molecule has 1 fully saturated rings. The molecule has 3 atom stereocenters. The summed E-state index contributed by atoms with van der Waals surface area (Å²) in [5.41, 5.74) is -0.114. The molecule has 1 aromatic carbocycles. The lowest BCUT2D eigenvalue weighted by Crippen LogP contribution is -2.45. The Morgan fingerprint density at radius 2 is 2.17 bits per heavy atom. The third-order valence-corrected chi connectivity index (χ3v) is 4.83. The first kappa shape index (κ1) is 17.5. The number of nitrogens with zero attached hydrogens (tertiary/aromatic N) is 1. The van der Waals surface area contributed by atoms with E-state index in [1.54, 1.807) is 0 Å². The van der Waals surface area contributed by atoms with Crippen LogP contribution in [0.5, 0.6) is 5.75 Å². The summed E-state index contributed by atoms with van der Waals surface area (Å²) in [6, 6.07) is 4.07. The predicted octanol–water partition coefficient (Wildman–Crippen LogP) is 3.57. The van der Waals surface area contributed by atoms with Gasteiger partial charge in [0.2, 0.25) is 0 Å². The molecule has 0 saturated heterocycles. The molecule has 6 nitrogen and oxygen atoms in total. The highest BCUT2D eigenvalue weighted by Gasteiger charge is 2.28. The zero-order chi connectivity index (χ0) is 17.0. The number of nitro benzene ring substituents is 1. The van der Waals surface area contributed by atoms with E-state index < -0.39 is 4.92 Å². The molecule has 1 aromatic rings. The second-order valence-electron chi connectivity index (χ2n) is 6.10. The van der Waals surface area contributed by atoms with Gasteiger partial charge in [0.25, 0.3) is 11.6 Å². The van der Waals surface area contributed by atoms with Crippen LogP contribution in [-0.4, -0.2) is 23.5 Å². The van der Waals surface area contributed by atoms with Gasteiger partial charge in [0, 0.05) is 18.2 Å². The van der Waals surface area contributed by atoms with E-state index in [1.165, 1.54) is 24.6 Å². The number of amides is 1. The van der Waals surface area contributed by atoms with Crippen molar-refractivity contribution in [3.05, 3.63) is 33.3 Å². The molecular weight excluding hydrogens is 320 g/mol. The molecule has 126 valence electrons. The van der Waals surface area contributed by atoms with Crippen LogP contribution in [0.2, 0.25) is 5.02 Å². The van der Waals surface area contributed by atoms with Gasteiger partial charge in [0.05, 0.1) is 9.95 Å². The van der Waals surface area contributed by atoms with E-state index in [0.717, 1.165) is 12.8 Å². The number of benzene rings is 1. The van der Waals surface area contributed by atoms with Crippen LogP contribution in [0.4, 0.5) is 5.69 Å². The minimum absolute atomic E-state index is 0.114. The first-order chi connectivity index (χ1) is 10.9. The number of ether oxygens (including phenoxy) is 1. The van der Waals surface area contributed by atoms with E-state index >= 15 is 0 Å². The van der Waals surface area contributed by atoms with Gasteiger partial charge in [-0.3, -0.25) is 14.9 Å². The third-order valence-electron chi connectivity index (χ3n) is 4.54. The van der Waals surface area contributed by atoms with Crippen LogP contribution >= 0.6 is 11.6 Å². The van der Waals surface area contributed by atoms with Gasteiger partial charge in [-0.05, 0) is 24.3 Å². The first-order valence-corrected chi connectivity index (χ1v) is 8.12. The summed E-state index contributed by atoms with van der Waals surface area (Å²) in [6.07, 6.45) is 3.30. The largest absolute Gasteiger partial charge is 0.482 e. The standard InChI is InChI=1S/C16H21ClN2O4/c1-10-4-3-5-14(11(10)2)18-16(20)9-23-15-7-6-12(19(21)22)8-13(15)17/h6-8,10-11,14H,3-5,9H2,1-2H3,(H,18,20)/t10-,11-,14-/m1/s1. The topological polar surface area (TPSA) is 81.5 Å². The molecule has 1 N–H and O–H groups in total. The van der Waals surface area contributed by atoms with Crippen LogP contribution in [-0.2, 0) is 4.79 Å². The number of nitrogens with one attached hydrogen (secondary N) is 1. The molecule has 1 amide bonds. The van der Waals surface area contributed by atoms with Crippen LogP contribution in [0.1, 0.15) is 33.1 Å². The summed E-state index contributed by atoms with van der Waals surface area (Å²) in [5.74, 6) is 1.09. The van der Waals surface area contributed by atoms with Gasteiger partial charge in [-0.25, -0.2) is 0 Å². The Morgan fingerprint density at radius 1 is 1.43 bits per heavy atom. The fraction of sp³-hybridized carbons (Fsp3) is 0.562. The quantitative estimate of drug-likeness (QED) is 0.656. The number of carbonyl (C=O) groups is 1. The summed E-state index contributed by atoms with van der Waals surface area (Å²) in [4.78, 5) is 22.2. The molecule has 0 aliphatic heterocycles. The lowest BCUT2D eigenvalue weighted by molar-refractivity contribution is -0.384. The van der Waals surface area contributed by atoms with E-state index in [1.807, 2.05) is 0 Å². The minimum Gasteiger partial charge on any atom is -0.482 e. The predicted molar refractivity (Wildman–Crippen MR) is 87.7 cm³/mol. The fourth-order valence-electron chi connectivity index (χ4n) is 2.90. The Hall–Kier alpha value is -1.82. The lowest BCUT2D eigenvalue weighted by atomic mass is 9.78. The molecule has 0 aromatic heterocycles. The van der Waals surface area contributed by atoms with Crippen molar-refractivity contribution in [2.75, 3.05) is 6.61 Å². The first-order valence-electron chi connectivity index (χ1n) is 7.74. The van der Waals surface area contributed by atoms with E-state index in [-0.39, 0.29) is 35.0 Å². The lowest BCUT2D eigenvalue weighted by Gasteiger charge is -2.34. The van der Waals surface area contributed by atoms with Crippen LogP contribution in [0, 0.1) is 22.0 Å². The minimum atomic E-state index is -0.534. The van der Waals surface area contributed by atoms with Gasteiger partial charge in [-0.15, -0.1) is 0 Å². The van der Waals surface area contributed by atoms with Crippen molar-refractivity contribution < 1.29 is 14.5 Å². The van der Waals surface area contributed by atoms with Crippen LogP contribution in [0.25, 0.3) is 0 Å². The molecule has 1 aliphatic carbocycles. The van der Waals surface area contributed by atoms with Crippen LogP contribution in [0.3, 0.4) is 0 Å². The normalized spacial score (nSPS) is 24.0. The maximum Gasteiger partial charge on any atom is 0.271 e. The maximum absolute atomic E-state index is 12.0. The molecule has 0 heterocycles. The molecule has 0 radical (unpaired) electrons. The van der Waals surface area contributed by atoms with Crippen molar-refractivity contribution in [1.82, 2.24) is 5.32 Å². The van der Waals surface area contributed by atoms with Crippen LogP contribution in [0.15, 0.2) is 18.2 Å². The highest BCUT2D eigenvalue weighted by atomic mass is 35.5. The van der Waals surface area contributed by atoms with Crippen LogP contribution < -0.4 is 10.1 Å². The van der Waals surface area contributed by atoms with Gasteiger partial charge in [-0.2, -0.15) is 0 Å².